The van der Waals surface area contributed by atoms with Gasteiger partial charge in [-0.25, -0.2) is 4.98 Å². The Balaban J connectivity index is 1.53. The van der Waals surface area contributed by atoms with E-state index >= 15 is 0 Å². The average Bonchev–Trinajstić information content (AvgIpc) is 3.03. The number of rotatable bonds is 5. The molecular weight excluding hydrogens is 330 g/mol. The number of nitrogens with one attached hydrogen (secondary N) is 1. The monoisotopic (exact) mass is 355 g/mol. The van der Waals surface area contributed by atoms with Crippen molar-refractivity contribution in [1.82, 2.24) is 15.2 Å². The Bertz CT molecular complexity index is 762. The first-order valence-electron chi connectivity index (χ1n) is 9.09. The molecule has 0 unspecified atom stereocenters. The van der Waals surface area contributed by atoms with Gasteiger partial charge in [-0.2, -0.15) is 0 Å². The molecule has 0 bridgehead atoms. The number of aromatic nitrogens is 1. The number of nitrogens with zero attached hydrogens (tertiary/aromatic N) is 2. The number of hydrogen-bond acceptors (Lipinski definition) is 4. The Morgan fingerprint density at radius 2 is 1.92 bits per heavy atom. The van der Waals surface area contributed by atoms with E-state index in [-0.39, 0.29) is 17.7 Å². The number of amides is 2. The first-order valence-corrected chi connectivity index (χ1v) is 9.09. The van der Waals surface area contributed by atoms with Gasteiger partial charge in [0.15, 0.2) is 5.89 Å². The van der Waals surface area contributed by atoms with Crippen molar-refractivity contribution in [3.63, 3.8) is 0 Å². The van der Waals surface area contributed by atoms with E-state index in [4.69, 9.17) is 4.42 Å². The molecule has 2 aromatic rings. The van der Waals surface area contributed by atoms with Gasteiger partial charge in [0.05, 0.1) is 0 Å². The third-order valence-electron chi connectivity index (χ3n) is 4.81. The number of piperidine rings is 1. The number of aryl methyl sites for hydroxylation is 1. The van der Waals surface area contributed by atoms with Crippen molar-refractivity contribution < 1.29 is 14.0 Å². The highest BCUT2D eigenvalue weighted by atomic mass is 16.4. The second kappa shape index (κ2) is 8.17. The molecule has 6 nitrogen and oxygen atoms in total. The zero-order valence-corrected chi connectivity index (χ0v) is 15.3. The minimum atomic E-state index is -0.0179. The maximum atomic E-state index is 12.4. The van der Waals surface area contributed by atoms with Crippen LogP contribution >= 0.6 is 0 Å². The molecule has 0 spiro atoms. The fourth-order valence-electron chi connectivity index (χ4n) is 3.36. The van der Waals surface area contributed by atoms with Crippen LogP contribution in [0.4, 0.5) is 0 Å². The van der Waals surface area contributed by atoms with Gasteiger partial charge in [-0.3, -0.25) is 9.59 Å². The van der Waals surface area contributed by atoms with Crippen LogP contribution in [0, 0.1) is 12.8 Å². The minimum Gasteiger partial charge on any atom is -0.445 e. The summed E-state index contributed by atoms with van der Waals surface area (Å²) in [4.78, 5) is 30.0. The minimum absolute atomic E-state index is 0.0179. The fraction of sp³-hybridized carbons (Fsp3) is 0.450. The van der Waals surface area contributed by atoms with Crippen LogP contribution in [0.2, 0.25) is 0 Å². The van der Waals surface area contributed by atoms with Gasteiger partial charge in [0.1, 0.15) is 11.5 Å². The van der Waals surface area contributed by atoms with Gasteiger partial charge in [0, 0.05) is 51.4 Å². The van der Waals surface area contributed by atoms with Gasteiger partial charge in [0.25, 0.3) is 0 Å². The molecule has 0 atom stereocenters. The highest BCUT2D eigenvalue weighted by Gasteiger charge is 2.25. The predicted octanol–water partition coefficient (Wildman–Crippen LogP) is 2.57. The van der Waals surface area contributed by atoms with E-state index in [2.05, 4.69) is 10.3 Å². The van der Waals surface area contributed by atoms with Gasteiger partial charge >= 0.3 is 0 Å². The van der Waals surface area contributed by atoms with Crippen molar-refractivity contribution >= 4 is 11.8 Å². The van der Waals surface area contributed by atoms with Gasteiger partial charge < -0.3 is 14.6 Å². The van der Waals surface area contributed by atoms with Gasteiger partial charge in [-0.1, -0.05) is 30.3 Å². The summed E-state index contributed by atoms with van der Waals surface area (Å²) >= 11 is 0. The van der Waals surface area contributed by atoms with E-state index in [0.29, 0.717) is 31.9 Å². The molecule has 138 valence electrons. The lowest BCUT2D eigenvalue weighted by molar-refractivity contribution is -0.133. The SMILES string of the molecule is CC(=O)N1CCC(C(=O)NCCc2oc(C)nc2-c2ccccc2)CC1. The molecule has 0 aliphatic carbocycles. The summed E-state index contributed by atoms with van der Waals surface area (Å²) in [7, 11) is 0. The Morgan fingerprint density at radius 1 is 1.23 bits per heavy atom. The smallest absolute Gasteiger partial charge is 0.223 e. The lowest BCUT2D eigenvalue weighted by Gasteiger charge is -2.30. The van der Waals surface area contributed by atoms with Crippen LogP contribution in [-0.2, 0) is 16.0 Å². The molecule has 0 saturated carbocycles. The average molecular weight is 355 g/mol. The lowest BCUT2D eigenvalue weighted by atomic mass is 9.96. The summed E-state index contributed by atoms with van der Waals surface area (Å²) in [5.74, 6) is 1.54. The Kier molecular flexibility index (Phi) is 5.71. The molecule has 0 radical (unpaired) electrons. The standard InChI is InChI=1S/C20H25N3O3/c1-14-22-19(16-6-4-3-5-7-16)18(26-14)8-11-21-20(25)17-9-12-23(13-10-17)15(2)24/h3-7,17H,8-13H2,1-2H3,(H,21,25). The second-order valence-corrected chi connectivity index (χ2v) is 6.69. The van der Waals surface area contributed by atoms with E-state index in [1.165, 1.54) is 0 Å². The summed E-state index contributed by atoms with van der Waals surface area (Å²) in [5.41, 5.74) is 1.86. The van der Waals surface area contributed by atoms with Gasteiger partial charge in [0.2, 0.25) is 11.8 Å². The fourth-order valence-corrected chi connectivity index (χ4v) is 3.36. The molecule has 1 aromatic heterocycles. The van der Waals surface area contributed by atoms with E-state index in [0.717, 1.165) is 29.9 Å². The van der Waals surface area contributed by atoms with Gasteiger partial charge in [-0.15, -0.1) is 0 Å². The zero-order valence-electron chi connectivity index (χ0n) is 15.3. The second-order valence-electron chi connectivity index (χ2n) is 6.69. The molecule has 26 heavy (non-hydrogen) atoms. The summed E-state index contributed by atoms with van der Waals surface area (Å²) in [6.07, 6.45) is 2.05. The van der Waals surface area contributed by atoms with Crippen LogP contribution < -0.4 is 5.32 Å². The molecule has 1 aromatic carbocycles. The van der Waals surface area contributed by atoms with Crippen LogP contribution in [0.25, 0.3) is 11.3 Å². The van der Waals surface area contributed by atoms with E-state index < -0.39 is 0 Å². The van der Waals surface area contributed by atoms with Crippen molar-refractivity contribution in [2.75, 3.05) is 19.6 Å². The maximum absolute atomic E-state index is 12.4. The number of benzene rings is 1. The third-order valence-corrected chi connectivity index (χ3v) is 4.81. The molecule has 6 heteroatoms. The first kappa shape index (κ1) is 18.2. The largest absolute Gasteiger partial charge is 0.445 e. The first-order chi connectivity index (χ1) is 12.5. The number of carbonyl (C=O) groups excluding carboxylic acids is 2. The van der Waals surface area contributed by atoms with E-state index in [1.54, 1.807) is 11.8 Å². The normalized spacial score (nSPS) is 15.1. The van der Waals surface area contributed by atoms with Crippen LogP contribution in [0.5, 0.6) is 0 Å². The quantitative estimate of drug-likeness (QED) is 0.894. The molecule has 1 N–H and O–H groups in total. The van der Waals surface area contributed by atoms with Crippen LogP contribution in [0.1, 0.15) is 31.4 Å². The molecule has 1 fully saturated rings. The van der Waals surface area contributed by atoms with Crippen molar-refractivity contribution in [2.45, 2.75) is 33.1 Å². The molecule has 3 rings (SSSR count). The summed E-state index contributed by atoms with van der Waals surface area (Å²) < 4.78 is 5.73. The molecule has 1 aliphatic heterocycles. The topological polar surface area (TPSA) is 75.4 Å². The number of hydrogen-bond donors (Lipinski definition) is 1. The molecule has 1 saturated heterocycles. The van der Waals surface area contributed by atoms with Crippen molar-refractivity contribution in [2.24, 2.45) is 5.92 Å². The van der Waals surface area contributed by atoms with Crippen molar-refractivity contribution in [1.29, 1.82) is 0 Å². The third kappa shape index (κ3) is 4.31. The predicted molar refractivity (Wildman–Crippen MR) is 98.4 cm³/mol. The lowest BCUT2D eigenvalue weighted by Crippen LogP contribution is -2.42. The highest BCUT2D eigenvalue weighted by molar-refractivity contribution is 5.79. The highest BCUT2D eigenvalue weighted by Crippen LogP contribution is 2.24. The molecule has 1 aliphatic rings. The summed E-state index contributed by atoms with van der Waals surface area (Å²) in [6.45, 7) is 5.24. The maximum Gasteiger partial charge on any atom is 0.223 e. The summed E-state index contributed by atoms with van der Waals surface area (Å²) in [6, 6.07) is 9.91. The van der Waals surface area contributed by atoms with Crippen LogP contribution in [0.15, 0.2) is 34.7 Å². The van der Waals surface area contributed by atoms with E-state index in [1.807, 2.05) is 37.3 Å². The summed E-state index contributed by atoms with van der Waals surface area (Å²) in [5, 5.41) is 3.00. The Morgan fingerprint density at radius 3 is 2.58 bits per heavy atom. The number of carbonyl (C=O) groups is 2. The van der Waals surface area contributed by atoms with Crippen molar-refractivity contribution in [3.8, 4) is 11.3 Å². The Hall–Kier alpha value is -2.63. The Labute approximate surface area is 153 Å². The van der Waals surface area contributed by atoms with Crippen LogP contribution in [0.3, 0.4) is 0 Å². The van der Waals surface area contributed by atoms with E-state index in [9.17, 15) is 9.59 Å². The molecule has 2 heterocycles. The number of oxazole rings is 1. The molecular formula is C20H25N3O3. The van der Waals surface area contributed by atoms with Gasteiger partial charge in [-0.05, 0) is 12.8 Å². The molecule has 2 amide bonds. The van der Waals surface area contributed by atoms with Crippen molar-refractivity contribution in [3.05, 3.63) is 42.0 Å². The zero-order chi connectivity index (χ0) is 18.5. The number of likely N-dealkylation sites (tertiary alicyclic amines) is 1. The van der Waals surface area contributed by atoms with Crippen LogP contribution in [-0.4, -0.2) is 41.3 Å².